The Hall–Kier alpha value is -3.39. The van der Waals surface area contributed by atoms with Crippen LogP contribution in [0.5, 0.6) is 11.5 Å². The van der Waals surface area contributed by atoms with Crippen LogP contribution in [0.15, 0.2) is 42.5 Å². The fourth-order valence-electron chi connectivity index (χ4n) is 2.99. The van der Waals surface area contributed by atoms with Gasteiger partial charge in [0.25, 0.3) is 11.8 Å². The third kappa shape index (κ3) is 3.79. The van der Waals surface area contributed by atoms with Crippen LogP contribution in [0, 0.1) is 6.92 Å². The molecule has 29 heavy (non-hydrogen) atoms. The van der Waals surface area contributed by atoms with Crippen LogP contribution in [-0.4, -0.2) is 30.0 Å². The molecule has 7 nitrogen and oxygen atoms in total. The number of nitrogens with zero attached hydrogens (tertiary/aromatic N) is 1. The number of fused-ring (bicyclic) bond motifs is 1. The van der Waals surface area contributed by atoms with E-state index in [9.17, 15) is 9.59 Å². The van der Waals surface area contributed by atoms with Crippen LogP contribution in [0.1, 0.15) is 22.2 Å². The molecule has 0 bridgehead atoms. The average molecular weight is 409 g/mol. The van der Waals surface area contributed by atoms with Gasteiger partial charge in [0, 0.05) is 16.0 Å². The fourth-order valence-corrected chi connectivity index (χ4v) is 3.82. The molecule has 0 fully saturated rings. The number of rotatable bonds is 4. The van der Waals surface area contributed by atoms with Gasteiger partial charge in [0.2, 0.25) is 0 Å². The van der Waals surface area contributed by atoms with Gasteiger partial charge in [-0.25, -0.2) is 4.98 Å². The van der Waals surface area contributed by atoms with Crippen LogP contribution in [0.25, 0.3) is 11.3 Å². The number of nitrogens with one attached hydrogen (secondary N) is 2. The number of benzene rings is 2. The van der Waals surface area contributed by atoms with E-state index in [1.54, 1.807) is 38.3 Å². The van der Waals surface area contributed by atoms with Crippen molar-refractivity contribution in [1.82, 2.24) is 4.98 Å². The van der Waals surface area contributed by atoms with Gasteiger partial charge < -0.3 is 14.8 Å². The Balaban J connectivity index is 1.56. The number of aromatic nitrogens is 1. The maximum atomic E-state index is 12.5. The topological polar surface area (TPSA) is 89.5 Å². The molecule has 0 aliphatic carbocycles. The molecule has 8 heteroatoms. The highest BCUT2D eigenvalue weighted by Crippen LogP contribution is 2.37. The third-order valence-corrected chi connectivity index (χ3v) is 5.44. The van der Waals surface area contributed by atoms with Crippen molar-refractivity contribution >= 4 is 34.0 Å². The predicted molar refractivity (Wildman–Crippen MR) is 112 cm³/mol. The second-order valence-electron chi connectivity index (χ2n) is 6.57. The lowest BCUT2D eigenvalue weighted by atomic mass is 10.1. The SMILES string of the molecule is COc1ccc(C(=O)Nc2nc(-c3ccc4c(c3)NC(=O)C(C)O4)c(C)s2)cc1. The number of amides is 2. The summed E-state index contributed by atoms with van der Waals surface area (Å²) in [5.41, 5.74) is 2.71. The molecule has 1 aliphatic rings. The molecule has 2 aromatic carbocycles. The van der Waals surface area contributed by atoms with Gasteiger partial charge in [-0.3, -0.25) is 14.9 Å². The summed E-state index contributed by atoms with van der Waals surface area (Å²) < 4.78 is 10.7. The second kappa shape index (κ2) is 7.56. The molecule has 2 amide bonds. The highest BCUT2D eigenvalue weighted by atomic mass is 32.1. The molecular weight excluding hydrogens is 390 g/mol. The maximum absolute atomic E-state index is 12.5. The van der Waals surface area contributed by atoms with E-state index in [2.05, 4.69) is 15.6 Å². The first-order chi connectivity index (χ1) is 13.9. The Morgan fingerprint density at radius 1 is 1.24 bits per heavy atom. The van der Waals surface area contributed by atoms with Crippen molar-refractivity contribution in [3.8, 4) is 22.8 Å². The van der Waals surface area contributed by atoms with Crippen molar-refractivity contribution in [3.63, 3.8) is 0 Å². The Morgan fingerprint density at radius 3 is 2.72 bits per heavy atom. The lowest BCUT2D eigenvalue weighted by Gasteiger charge is -2.23. The molecule has 0 saturated heterocycles. The Bertz CT molecular complexity index is 1090. The highest BCUT2D eigenvalue weighted by Gasteiger charge is 2.24. The summed E-state index contributed by atoms with van der Waals surface area (Å²) >= 11 is 1.39. The number of aryl methyl sites for hydroxylation is 1. The lowest BCUT2D eigenvalue weighted by molar-refractivity contribution is -0.122. The molecule has 0 spiro atoms. The molecule has 2 heterocycles. The summed E-state index contributed by atoms with van der Waals surface area (Å²) in [5.74, 6) is 0.888. The quantitative estimate of drug-likeness (QED) is 0.677. The molecule has 1 aliphatic heterocycles. The van der Waals surface area contributed by atoms with E-state index < -0.39 is 6.10 Å². The highest BCUT2D eigenvalue weighted by molar-refractivity contribution is 7.16. The summed E-state index contributed by atoms with van der Waals surface area (Å²) in [6.07, 6.45) is -0.519. The third-order valence-electron chi connectivity index (χ3n) is 4.55. The van der Waals surface area contributed by atoms with Gasteiger partial charge in [-0.15, -0.1) is 11.3 Å². The van der Waals surface area contributed by atoms with Gasteiger partial charge >= 0.3 is 0 Å². The van der Waals surface area contributed by atoms with E-state index in [1.807, 2.05) is 25.1 Å². The zero-order valence-corrected chi connectivity index (χ0v) is 16.9. The molecule has 4 rings (SSSR count). The van der Waals surface area contributed by atoms with Gasteiger partial charge in [-0.2, -0.15) is 0 Å². The molecule has 2 N–H and O–H groups in total. The Labute approximate surface area is 171 Å². The van der Waals surface area contributed by atoms with Crippen LogP contribution in [0.3, 0.4) is 0 Å². The van der Waals surface area contributed by atoms with Gasteiger partial charge in [0.1, 0.15) is 11.5 Å². The summed E-state index contributed by atoms with van der Waals surface area (Å²) in [6.45, 7) is 3.64. The summed E-state index contributed by atoms with van der Waals surface area (Å²) in [6, 6.07) is 12.4. The first kappa shape index (κ1) is 18.9. The number of carbonyl (C=O) groups excluding carboxylic acids is 2. The van der Waals surface area contributed by atoms with E-state index in [-0.39, 0.29) is 11.8 Å². The predicted octanol–water partition coefficient (Wildman–Crippen LogP) is 4.10. The van der Waals surface area contributed by atoms with Crippen LogP contribution in [0.2, 0.25) is 0 Å². The Morgan fingerprint density at radius 2 is 2.00 bits per heavy atom. The van der Waals surface area contributed by atoms with Crippen molar-refractivity contribution in [2.45, 2.75) is 20.0 Å². The first-order valence-corrected chi connectivity index (χ1v) is 9.81. The van der Waals surface area contributed by atoms with Crippen LogP contribution >= 0.6 is 11.3 Å². The van der Waals surface area contributed by atoms with E-state index in [0.717, 1.165) is 16.1 Å². The van der Waals surface area contributed by atoms with E-state index in [0.29, 0.717) is 27.9 Å². The van der Waals surface area contributed by atoms with Crippen molar-refractivity contribution in [2.75, 3.05) is 17.7 Å². The zero-order chi connectivity index (χ0) is 20.5. The first-order valence-electron chi connectivity index (χ1n) is 8.99. The Kier molecular flexibility index (Phi) is 4.94. The van der Waals surface area contributed by atoms with Gasteiger partial charge in [-0.05, 0) is 56.3 Å². The zero-order valence-electron chi connectivity index (χ0n) is 16.1. The standard InChI is InChI=1S/C21H19N3O4S/c1-11-19(25)22-16-10-14(6-9-17(16)28-11)18-12(2)29-21(23-18)24-20(26)13-4-7-15(27-3)8-5-13/h4-11H,1-3H3,(H,22,25)(H,23,24,26). The van der Waals surface area contributed by atoms with Crippen molar-refractivity contribution in [1.29, 1.82) is 0 Å². The summed E-state index contributed by atoms with van der Waals surface area (Å²) in [4.78, 5) is 29.9. The molecule has 0 radical (unpaired) electrons. The molecule has 1 aromatic heterocycles. The molecule has 148 valence electrons. The summed E-state index contributed by atoms with van der Waals surface area (Å²) in [7, 11) is 1.58. The molecule has 1 atom stereocenters. The number of ether oxygens (including phenoxy) is 2. The number of hydrogen-bond donors (Lipinski definition) is 2. The van der Waals surface area contributed by atoms with Crippen molar-refractivity contribution in [2.24, 2.45) is 0 Å². The molecule has 1 unspecified atom stereocenters. The number of methoxy groups -OCH3 is 1. The normalized spacial score (nSPS) is 15.1. The largest absolute Gasteiger partial charge is 0.497 e. The summed E-state index contributed by atoms with van der Waals surface area (Å²) in [5, 5.41) is 6.18. The number of carbonyl (C=O) groups is 2. The monoisotopic (exact) mass is 409 g/mol. The van der Waals surface area contributed by atoms with E-state index >= 15 is 0 Å². The fraction of sp³-hybridized carbons (Fsp3) is 0.190. The van der Waals surface area contributed by atoms with Crippen molar-refractivity contribution in [3.05, 3.63) is 52.9 Å². The van der Waals surface area contributed by atoms with Gasteiger partial charge in [0.05, 0.1) is 18.5 Å². The average Bonchev–Trinajstić information content (AvgIpc) is 3.08. The molecular formula is C21H19N3O4S. The van der Waals surface area contributed by atoms with Crippen LogP contribution < -0.4 is 20.1 Å². The second-order valence-corrected chi connectivity index (χ2v) is 7.77. The molecule has 0 saturated carbocycles. The molecule has 3 aromatic rings. The van der Waals surface area contributed by atoms with Crippen LogP contribution in [0.4, 0.5) is 10.8 Å². The van der Waals surface area contributed by atoms with Gasteiger partial charge in [0.15, 0.2) is 11.2 Å². The minimum Gasteiger partial charge on any atom is -0.497 e. The number of hydrogen-bond acceptors (Lipinski definition) is 6. The maximum Gasteiger partial charge on any atom is 0.265 e. The van der Waals surface area contributed by atoms with E-state index in [4.69, 9.17) is 9.47 Å². The van der Waals surface area contributed by atoms with Crippen molar-refractivity contribution < 1.29 is 19.1 Å². The van der Waals surface area contributed by atoms with Gasteiger partial charge in [-0.1, -0.05) is 0 Å². The minimum atomic E-state index is -0.519. The smallest absolute Gasteiger partial charge is 0.265 e. The number of thiazole rings is 1. The minimum absolute atomic E-state index is 0.183. The van der Waals surface area contributed by atoms with E-state index in [1.165, 1.54) is 11.3 Å². The lowest BCUT2D eigenvalue weighted by Crippen LogP contribution is -2.34. The van der Waals surface area contributed by atoms with Crippen LogP contribution in [-0.2, 0) is 4.79 Å². The number of anilines is 2.